The fourth-order valence-electron chi connectivity index (χ4n) is 3.55. The number of aryl methyl sites for hydroxylation is 2. The highest BCUT2D eigenvalue weighted by Gasteiger charge is 2.18. The van der Waals surface area contributed by atoms with Crippen LogP contribution >= 0.6 is 0 Å². The van der Waals surface area contributed by atoms with Crippen molar-refractivity contribution in [2.24, 2.45) is 0 Å². The number of tetrazole rings is 1. The molecular weight excluding hydrogens is 414 g/mol. The quantitative estimate of drug-likeness (QED) is 0.478. The predicted molar refractivity (Wildman–Crippen MR) is 126 cm³/mol. The van der Waals surface area contributed by atoms with Gasteiger partial charge < -0.3 is 5.32 Å². The van der Waals surface area contributed by atoms with Crippen LogP contribution in [0.5, 0.6) is 0 Å². The molecule has 1 atom stereocenters. The summed E-state index contributed by atoms with van der Waals surface area (Å²) in [6.07, 6.45) is 1.81. The minimum absolute atomic E-state index is 0.117. The third kappa shape index (κ3) is 4.95. The Labute approximate surface area is 193 Å². The number of hydrogen-bond acceptors (Lipinski definition) is 6. The van der Waals surface area contributed by atoms with Gasteiger partial charge in [0.2, 0.25) is 0 Å². The van der Waals surface area contributed by atoms with E-state index in [0.717, 1.165) is 28.2 Å². The summed E-state index contributed by atoms with van der Waals surface area (Å²) >= 11 is 0. The minimum Gasteiger partial charge on any atom is -0.344 e. The highest BCUT2D eigenvalue weighted by molar-refractivity contribution is 5.96. The van der Waals surface area contributed by atoms with Crippen molar-refractivity contribution in [2.75, 3.05) is 0 Å². The maximum atomic E-state index is 13.3. The van der Waals surface area contributed by atoms with E-state index in [0.29, 0.717) is 17.1 Å². The number of amides is 1. The van der Waals surface area contributed by atoms with Crippen LogP contribution in [0.2, 0.25) is 0 Å². The average Bonchev–Trinajstić information content (AvgIpc) is 3.30. The van der Waals surface area contributed by atoms with Crippen molar-refractivity contribution in [3.05, 3.63) is 83.1 Å². The molecule has 0 aliphatic heterocycles. The minimum atomic E-state index is -0.249. The Morgan fingerprint density at radius 2 is 1.85 bits per heavy atom. The fraction of sp³-hybridized carbons (Fsp3) is 0.280. The van der Waals surface area contributed by atoms with Gasteiger partial charge in [-0.25, -0.2) is 0 Å². The van der Waals surface area contributed by atoms with E-state index in [1.807, 2.05) is 83.3 Å². The van der Waals surface area contributed by atoms with E-state index in [1.54, 1.807) is 10.7 Å². The third-order valence-electron chi connectivity index (χ3n) is 5.34. The second-order valence-electron chi connectivity index (χ2n) is 8.49. The summed E-state index contributed by atoms with van der Waals surface area (Å²) in [7, 11) is 0. The van der Waals surface area contributed by atoms with Crippen molar-refractivity contribution < 1.29 is 4.79 Å². The molecule has 8 nitrogen and oxygen atoms in total. The van der Waals surface area contributed by atoms with Gasteiger partial charge in [0.1, 0.15) is 0 Å². The molecule has 1 N–H and O–H groups in total. The van der Waals surface area contributed by atoms with Gasteiger partial charge in [0.25, 0.3) is 5.91 Å². The van der Waals surface area contributed by atoms with Crippen LogP contribution in [0.3, 0.4) is 0 Å². The van der Waals surface area contributed by atoms with Gasteiger partial charge in [0, 0.05) is 28.9 Å². The van der Waals surface area contributed by atoms with Gasteiger partial charge in [-0.3, -0.25) is 14.8 Å². The van der Waals surface area contributed by atoms with Crippen LogP contribution in [0.25, 0.3) is 16.9 Å². The Bertz CT molecular complexity index is 1280. The number of pyridine rings is 2. The molecule has 0 bridgehead atoms. The molecule has 0 aliphatic carbocycles. The van der Waals surface area contributed by atoms with Gasteiger partial charge in [-0.1, -0.05) is 26.0 Å². The molecule has 0 fully saturated rings. The summed E-state index contributed by atoms with van der Waals surface area (Å²) in [6, 6.07) is 15.1. The zero-order valence-corrected chi connectivity index (χ0v) is 19.4. The van der Waals surface area contributed by atoms with Crippen LogP contribution in [-0.4, -0.2) is 36.1 Å². The molecule has 0 aliphatic rings. The number of nitrogens with one attached hydrogen (secondary N) is 1. The predicted octanol–water partition coefficient (Wildman–Crippen LogP) is 4.35. The standard InChI is InChI=1S/C25H27N7O/c1-15(2)24-29-30-31-32(24)21-12-19(23-10-9-16(3)14-26-23)11-20(13-21)25(33)28-18(5)22-8-6-7-17(4)27-22/h6-15,18H,1-5H3,(H,28,33). The molecule has 1 unspecified atom stereocenters. The number of rotatable bonds is 6. The fourth-order valence-corrected chi connectivity index (χ4v) is 3.55. The van der Waals surface area contributed by atoms with Crippen molar-refractivity contribution >= 4 is 5.91 Å². The van der Waals surface area contributed by atoms with Gasteiger partial charge in [-0.2, -0.15) is 4.68 Å². The van der Waals surface area contributed by atoms with Crippen LogP contribution in [0, 0.1) is 13.8 Å². The van der Waals surface area contributed by atoms with Gasteiger partial charge in [0.05, 0.1) is 23.1 Å². The summed E-state index contributed by atoms with van der Waals surface area (Å²) in [4.78, 5) is 22.3. The van der Waals surface area contributed by atoms with Crippen LogP contribution in [0.4, 0.5) is 0 Å². The summed E-state index contributed by atoms with van der Waals surface area (Å²) in [5.41, 5.74) is 5.55. The first-order valence-corrected chi connectivity index (χ1v) is 10.9. The zero-order chi connectivity index (χ0) is 23.5. The summed E-state index contributed by atoms with van der Waals surface area (Å²) in [6.45, 7) is 9.89. The Hall–Kier alpha value is -3.94. The smallest absolute Gasteiger partial charge is 0.251 e. The van der Waals surface area contributed by atoms with E-state index in [4.69, 9.17) is 0 Å². The molecule has 0 spiro atoms. The normalized spacial score (nSPS) is 12.1. The lowest BCUT2D eigenvalue weighted by atomic mass is 10.0. The van der Waals surface area contributed by atoms with Crippen molar-refractivity contribution in [3.63, 3.8) is 0 Å². The SMILES string of the molecule is Cc1ccc(-c2cc(C(=O)NC(C)c3cccc(C)n3)cc(-n3nnnc3C(C)C)c2)nc1. The molecule has 4 rings (SSSR count). The lowest BCUT2D eigenvalue weighted by molar-refractivity contribution is 0.0939. The number of carbonyl (C=O) groups excluding carboxylic acids is 1. The Kier molecular flexibility index (Phi) is 6.26. The average molecular weight is 442 g/mol. The van der Waals surface area contributed by atoms with Crippen LogP contribution in [0.1, 0.15) is 65.9 Å². The Morgan fingerprint density at radius 3 is 2.55 bits per heavy atom. The largest absolute Gasteiger partial charge is 0.344 e. The van der Waals surface area contributed by atoms with E-state index in [-0.39, 0.29) is 17.9 Å². The zero-order valence-electron chi connectivity index (χ0n) is 19.4. The second-order valence-corrected chi connectivity index (χ2v) is 8.49. The van der Waals surface area contributed by atoms with Crippen LogP contribution in [0.15, 0.2) is 54.7 Å². The second kappa shape index (κ2) is 9.28. The summed E-state index contributed by atoms with van der Waals surface area (Å²) in [5.74, 6) is 0.624. The first-order valence-electron chi connectivity index (χ1n) is 10.9. The number of benzene rings is 1. The lowest BCUT2D eigenvalue weighted by Gasteiger charge is -2.16. The lowest BCUT2D eigenvalue weighted by Crippen LogP contribution is -2.27. The highest BCUT2D eigenvalue weighted by atomic mass is 16.1. The molecule has 1 amide bonds. The molecule has 168 valence electrons. The molecule has 3 aromatic heterocycles. The first kappa shape index (κ1) is 22.3. The summed E-state index contributed by atoms with van der Waals surface area (Å²) in [5, 5.41) is 15.2. The van der Waals surface area contributed by atoms with Gasteiger partial charge in [-0.15, -0.1) is 5.10 Å². The molecule has 0 radical (unpaired) electrons. The van der Waals surface area contributed by atoms with Gasteiger partial charge in [0.15, 0.2) is 5.82 Å². The third-order valence-corrected chi connectivity index (χ3v) is 5.34. The monoisotopic (exact) mass is 441 g/mol. The number of nitrogens with zero attached hydrogens (tertiary/aromatic N) is 6. The van der Waals surface area contributed by atoms with Gasteiger partial charge >= 0.3 is 0 Å². The molecule has 0 saturated carbocycles. The molecule has 0 saturated heterocycles. The van der Waals surface area contributed by atoms with Crippen molar-refractivity contribution in [1.29, 1.82) is 0 Å². The van der Waals surface area contributed by atoms with E-state index in [9.17, 15) is 4.79 Å². The molecule has 3 heterocycles. The molecule has 8 heteroatoms. The number of aromatic nitrogens is 6. The Balaban J connectivity index is 1.74. The van der Waals surface area contributed by atoms with Crippen LogP contribution in [-0.2, 0) is 0 Å². The van der Waals surface area contributed by atoms with Gasteiger partial charge in [-0.05, 0) is 73.2 Å². The topological polar surface area (TPSA) is 98.5 Å². The summed E-state index contributed by atoms with van der Waals surface area (Å²) < 4.78 is 1.67. The molecule has 4 aromatic rings. The van der Waals surface area contributed by atoms with E-state index in [1.165, 1.54) is 0 Å². The Morgan fingerprint density at radius 1 is 1.03 bits per heavy atom. The van der Waals surface area contributed by atoms with Crippen molar-refractivity contribution in [1.82, 2.24) is 35.5 Å². The van der Waals surface area contributed by atoms with E-state index >= 15 is 0 Å². The molecular formula is C25H27N7O. The number of carbonyl (C=O) groups is 1. The molecule has 33 heavy (non-hydrogen) atoms. The first-order chi connectivity index (χ1) is 15.8. The maximum absolute atomic E-state index is 13.3. The van der Waals surface area contributed by atoms with Crippen molar-refractivity contribution in [3.8, 4) is 16.9 Å². The van der Waals surface area contributed by atoms with Crippen molar-refractivity contribution in [2.45, 2.75) is 46.6 Å². The molecule has 1 aromatic carbocycles. The van der Waals surface area contributed by atoms with E-state index in [2.05, 4.69) is 30.8 Å². The highest BCUT2D eigenvalue weighted by Crippen LogP contribution is 2.25. The van der Waals surface area contributed by atoms with E-state index < -0.39 is 0 Å². The van der Waals surface area contributed by atoms with Crippen LogP contribution < -0.4 is 5.32 Å². The number of hydrogen-bond donors (Lipinski definition) is 1. The maximum Gasteiger partial charge on any atom is 0.251 e.